The van der Waals surface area contributed by atoms with Crippen molar-refractivity contribution in [1.82, 2.24) is 9.78 Å². The first-order valence-electron chi connectivity index (χ1n) is 3.42. The first kappa shape index (κ1) is 9.37. The standard InChI is InChI=1S/C6H10N2O3S/c1-5(9)4-8-3-2-6(7-8)12(10)11/h2-3,5,9H,4H2,1H3,(H,10,11)/t5-/m1/s1. The highest BCUT2D eigenvalue weighted by Gasteiger charge is 2.05. The summed E-state index contributed by atoms with van der Waals surface area (Å²) in [7, 11) is 0. The third kappa shape index (κ3) is 2.40. The molecule has 0 aliphatic rings. The van der Waals surface area contributed by atoms with Crippen molar-refractivity contribution in [2.75, 3.05) is 0 Å². The van der Waals surface area contributed by atoms with E-state index in [2.05, 4.69) is 5.10 Å². The zero-order chi connectivity index (χ0) is 9.14. The first-order valence-corrected chi connectivity index (χ1v) is 4.52. The molecular weight excluding hydrogens is 180 g/mol. The number of aromatic nitrogens is 2. The molecule has 5 nitrogen and oxygen atoms in total. The third-order valence-corrected chi connectivity index (χ3v) is 1.82. The number of aliphatic hydroxyl groups is 1. The monoisotopic (exact) mass is 190 g/mol. The van der Waals surface area contributed by atoms with Gasteiger partial charge >= 0.3 is 0 Å². The second-order valence-corrected chi connectivity index (χ2v) is 3.39. The van der Waals surface area contributed by atoms with Gasteiger partial charge in [0.15, 0.2) is 5.03 Å². The Hall–Kier alpha value is -0.720. The highest BCUT2D eigenvalue weighted by Crippen LogP contribution is 2.00. The van der Waals surface area contributed by atoms with Crippen molar-refractivity contribution in [3.05, 3.63) is 12.3 Å². The summed E-state index contributed by atoms with van der Waals surface area (Å²) in [4.78, 5) is 0. The maximum atomic E-state index is 10.5. The molecule has 0 aliphatic heterocycles. The Balaban J connectivity index is 2.71. The molecule has 68 valence electrons. The average molecular weight is 190 g/mol. The van der Waals surface area contributed by atoms with Crippen LogP contribution in [0.5, 0.6) is 0 Å². The van der Waals surface area contributed by atoms with Crippen LogP contribution in [0.3, 0.4) is 0 Å². The maximum absolute atomic E-state index is 10.5. The molecule has 0 spiro atoms. The molecule has 1 aromatic rings. The summed E-state index contributed by atoms with van der Waals surface area (Å²) in [6.45, 7) is 1.95. The molecule has 0 fully saturated rings. The molecule has 0 radical (unpaired) electrons. The maximum Gasteiger partial charge on any atom is 0.207 e. The molecule has 1 rings (SSSR count). The van der Waals surface area contributed by atoms with Gasteiger partial charge in [0.25, 0.3) is 0 Å². The van der Waals surface area contributed by atoms with Gasteiger partial charge in [0, 0.05) is 6.20 Å². The van der Waals surface area contributed by atoms with Gasteiger partial charge in [-0.15, -0.1) is 0 Å². The average Bonchev–Trinajstić information content (AvgIpc) is 2.34. The number of hydrogen-bond donors (Lipinski definition) is 2. The first-order chi connectivity index (χ1) is 5.59. The van der Waals surface area contributed by atoms with Gasteiger partial charge in [0.2, 0.25) is 11.1 Å². The van der Waals surface area contributed by atoms with Crippen LogP contribution >= 0.6 is 0 Å². The van der Waals surface area contributed by atoms with Crippen LogP contribution in [0.25, 0.3) is 0 Å². The van der Waals surface area contributed by atoms with Crippen LogP contribution in [0.15, 0.2) is 17.3 Å². The molecule has 0 amide bonds. The van der Waals surface area contributed by atoms with E-state index in [0.29, 0.717) is 6.54 Å². The van der Waals surface area contributed by atoms with Crippen molar-refractivity contribution < 1.29 is 13.9 Å². The van der Waals surface area contributed by atoms with Gasteiger partial charge in [-0.2, -0.15) is 5.10 Å². The summed E-state index contributed by atoms with van der Waals surface area (Å²) in [6.07, 6.45) is 1.04. The predicted octanol–water partition coefficient (Wildman–Crippen LogP) is -0.156. The molecule has 6 heteroatoms. The van der Waals surface area contributed by atoms with Gasteiger partial charge in [-0.3, -0.25) is 4.68 Å². The van der Waals surface area contributed by atoms with Gasteiger partial charge in [-0.25, -0.2) is 4.21 Å². The van der Waals surface area contributed by atoms with Crippen LogP contribution in [0.1, 0.15) is 6.92 Å². The summed E-state index contributed by atoms with van der Waals surface area (Å²) >= 11 is -2.04. The number of rotatable bonds is 3. The fourth-order valence-corrected chi connectivity index (χ4v) is 1.16. The highest BCUT2D eigenvalue weighted by molar-refractivity contribution is 7.79. The van der Waals surface area contributed by atoms with Crippen LogP contribution in [0.2, 0.25) is 0 Å². The largest absolute Gasteiger partial charge is 0.391 e. The Morgan fingerprint density at radius 2 is 2.50 bits per heavy atom. The second kappa shape index (κ2) is 3.79. The minimum absolute atomic E-state index is 0.107. The lowest BCUT2D eigenvalue weighted by molar-refractivity contribution is 0.168. The smallest absolute Gasteiger partial charge is 0.207 e. The quantitative estimate of drug-likeness (QED) is 0.650. The van der Waals surface area contributed by atoms with Crippen LogP contribution in [0, 0.1) is 0 Å². The van der Waals surface area contributed by atoms with Crippen molar-refractivity contribution >= 4 is 11.1 Å². The Morgan fingerprint density at radius 3 is 2.92 bits per heavy atom. The van der Waals surface area contributed by atoms with Crippen LogP contribution in [-0.2, 0) is 17.6 Å². The molecule has 1 aromatic heterocycles. The normalized spacial score (nSPS) is 15.9. The molecule has 1 heterocycles. The summed E-state index contributed by atoms with van der Waals surface area (Å²) in [6, 6.07) is 1.44. The lowest BCUT2D eigenvalue weighted by Crippen LogP contribution is -2.12. The molecule has 0 aliphatic carbocycles. The molecule has 2 atom stereocenters. The van der Waals surface area contributed by atoms with Gasteiger partial charge < -0.3 is 9.66 Å². The molecule has 0 saturated carbocycles. The van der Waals surface area contributed by atoms with E-state index in [1.54, 1.807) is 13.1 Å². The van der Waals surface area contributed by atoms with Crippen molar-refractivity contribution in [3.63, 3.8) is 0 Å². The zero-order valence-corrected chi connectivity index (χ0v) is 7.36. The minimum Gasteiger partial charge on any atom is -0.391 e. The number of hydrogen-bond acceptors (Lipinski definition) is 3. The Kier molecular flexibility index (Phi) is 2.96. The second-order valence-electron chi connectivity index (χ2n) is 2.47. The minimum atomic E-state index is -2.04. The van der Waals surface area contributed by atoms with Crippen LogP contribution < -0.4 is 0 Å². The van der Waals surface area contributed by atoms with E-state index in [1.807, 2.05) is 0 Å². The molecule has 2 N–H and O–H groups in total. The molecule has 12 heavy (non-hydrogen) atoms. The van der Waals surface area contributed by atoms with Crippen molar-refractivity contribution in [1.29, 1.82) is 0 Å². The SMILES string of the molecule is C[C@@H](O)Cn1ccc(S(=O)O)n1. The van der Waals surface area contributed by atoms with E-state index in [4.69, 9.17) is 9.66 Å². The molecular formula is C6H10N2O3S. The topological polar surface area (TPSA) is 75.4 Å². The molecule has 0 bridgehead atoms. The van der Waals surface area contributed by atoms with Crippen molar-refractivity contribution in [2.45, 2.75) is 24.6 Å². The lowest BCUT2D eigenvalue weighted by atomic mass is 10.4. The van der Waals surface area contributed by atoms with Crippen molar-refractivity contribution in [3.8, 4) is 0 Å². The van der Waals surface area contributed by atoms with Gasteiger partial charge in [-0.1, -0.05) is 0 Å². The lowest BCUT2D eigenvalue weighted by Gasteiger charge is -2.02. The van der Waals surface area contributed by atoms with Gasteiger partial charge in [-0.05, 0) is 13.0 Å². The number of nitrogens with zero attached hydrogens (tertiary/aromatic N) is 2. The predicted molar refractivity (Wildman–Crippen MR) is 42.9 cm³/mol. The van der Waals surface area contributed by atoms with Gasteiger partial charge in [0.1, 0.15) is 0 Å². The summed E-state index contributed by atoms with van der Waals surface area (Å²) in [5, 5.41) is 12.8. The Morgan fingerprint density at radius 1 is 1.83 bits per heavy atom. The molecule has 1 unspecified atom stereocenters. The third-order valence-electron chi connectivity index (χ3n) is 1.25. The molecule has 0 aromatic carbocycles. The van der Waals surface area contributed by atoms with Crippen LogP contribution in [-0.4, -0.2) is 29.8 Å². The van der Waals surface area contributed by atoms with E-state index >= 15 is 0 Å². The van der Waals surface area contributed by atoms with Crippen molar-refractivity contribution in [2.24, 2.45) is 0 Å². The summed E-state index contributed by atoms with van der Waals surface area (Å²) < 4.78 is 20.5. The Bertz CT molecular complexity index is 284. The fourth-order valence-electron chi connectivity index (χ4n) is 0.809. The molecule has 0 saturated heterocycles. The fraction of sp³-hybridized carbons (Fsp3) is 0.500. The summed E-state index contributed by atoms with van der Waals surface area (Å²) in [5.74, 6) is 0. The van der Waals surface area contributed by atoms with Gasteiger partial charge in [0.05, 0.1) is 12.6 Å². The van der Waals surface area contributed by atoms with E-state index in [0.717, 1.165) is 0 Å². The van der Waals surface area contributed by atoms with E-state index in [1.165, 1.54) is 10.7 Å². The van der Waals surface area contributed by atoms with Crippen LogP contribution in [0.4, 0.5) is 0 Å². The van der Waals surface area contributed by atoms with E-state index < -0.39 is 17.2 Å². The summed E-state index contributed by atoms with van der Waals surface area (Å²) in [5.41, 5.74) is 0. The Labute approximate surface area is 72.3 Å². The van der Waals surface area contributed by atoms with E-state index in [9.17, 15) is 4.21 Å². The zero-order valence-electron chi connectivity index (χ0n) is 6.54. The highest BCUT2D eigenvalue weighted by atomic mass is 32.2. The number of aliphatic hydroxyl groups excluding tert-OH is 1. The van der Waals surface area contributed by atoms with E-state index in [-0.39, 0.29) is 5.03 Å².